The molecule has 2 heteroatoms. The average Bonchev–Trinajstić information content (AvgIpc) is 2.14. The maximum atomic E-state index is 6.50. The highest BCUT2D eigenvalue weighted by molar-refractivity contribution is 5.75. The predicted molar refractivity (Wildman–Crippen MR) is 55.0 cm³/mol. The van der Waals surface area contributed by atoms with E-state index in [1.165, 1.54) is 38.8 Å². The highest BCUT2D eigenvalue weighted by Crippen LogP contribution is 2.06. The molecule has 0 aromatic rings. The van der Waals surface area contributed by atoms with Crippen LogP contribution >= 0.6 is 0 Å². The third-order valence-electron chi connectivity index (χ3n) is 1.83. The number of nitrogens with zero attached hydrogens (tertiary/aromatic N) is 1. The van der Waals surface area contributed by atoms with Crippen LogP contribution in [-0.4, -0.2) is 30.7 Å². The fourth-order valence-corrected chi connectivity index (χ4v) is 1.23. The van der Waals surface area contributed by atoms with Gasteiger partial charge >= 0.3 is 0 Å². The van der Waals surface area contributed by atoms with Gasteiger partial charge in [-0.3, -0.25) is 0 Å². The van der Waals surface area contributed by atoms with Crippen molar-refractivity contribution < 1.29 is 0 Å². The van der Waals surface area contributed by atoms with E-state index in [2.05, 4.69) is 11.9 Å². The second kappa shape index (κ2) is 7.29. The number of likely N-dealkylation sites (tertiary alicyclic amines) is 1. The van der Waals surface area contributed by atoms with Crippen LogP contribution in [0.4, 0.5) is 0 Å². The summed E-state index contributed by atoms with van der Waals surface area (Å²) in [6, 6.07) is 0. The molecular formula is C10H22N2. The first-order chi connectivity index (χ1) is 5.63. The van der Waals surface area contributed by atoms with Crippen LogP contribution in [0.2, 0.25) is 0 Å². The second-order valence-electron chi connectivity index (χ2n) is 3.72. The molecular weight excluding hydrogens is 148 g/mol. The fourth-order valence-electron chi connectivity index (χ4n) is 1.23. The van der Waals surface area contributed by atoms with E-state index in [4.69, 9.17) is 5.41 Å². The molecule has 0 unspecified atom stereocenters. The molecule has 0 radical (unpaired) electrons. The molecule has 1 rings (SSSR count). The van der Waals surface area contributed by atoms with Crippen LogP contribution in [0.5, 0.6) is 0 Å². The molecule has 1 fully saturated rings. The maximum Gasteiger partial charge on any atom is 0.00272 e. The van der Waals surface area contributed by atoms with E-state index >= 15 is 0 Å². The first-order valence-electron chi connectivity index (χ1n) is 4.83. The summed E-state index contributed by atoms with van der Waals surface area (Å²) in [4.78, 5) is 2.42. The van der Waals surface area contributed by atoms with Crippen molar-refractivity contribution in [1.29, 1.82) is 5.41 Å². The molecule has 0 spiro atoms. The molecule has 0 bridgehead atoms. The second-order valence-corrected chi connectivity index (χ2v) is 3.72. The monoisotopic (exact) mass is 170 g/mol. The average molecular weight is 170 g/mol. The van der Waals surface area contributed by atoms with Gasteiger partial charge in [0.05, 0.1) is 0 Å². The number of hydrogen-bond donors (Lipinski definition) is 1. The Hall–Kier alpha value is -0.370. The lowest BCUT2D eigenvalue weighted by molar-refractivity contribution is 0.349. The minimum Gasteiger partial charge on any atom is -0.310 e. The van der Waals surface area contributed by atoms with Gasteiger partial charge in [0.1, 0.15) is 0 Å². The molecule has 1 aliphatic heterocycles. The van der Waals surface area contributed by atoms with Crippen molar-refractivity contribution >= 4 is 5.71 Å². The Morgan fingerprint density at radius 1 is 1.00 bits per heavy atom. The summed E-state index contributed by atoms with van der Waals surface area (Å²) in [5, 5.41) is 6.50. The maximum absolute atomic E-state index is 6.50. The van der Waals surface area contributed by atoms with Crippen LogP contribution in [0.15, 0.2) is 0 Å². The molecule has 1 saturated heterocycles. The van der Waals surface area contributed by atoms with Gasteiger partial charge in [-0.1, -0.05) is 12.8 Å². The largest absolute Gasteiger partial charge is 0.310 e. The zero-order valence-electron chi connectivity index (χ0n) is 8.69. The molecule has 0 saturated carbocycles. The molecule has 0 atom stereocenters. The van der Waals surface area contributed by atoms with Crippen molar-refractivity contribution in [3.8, 4) is 0 Å². The van der Waals surface area contributed by atoms with E-state index in [9.17, 15) is 0 Å². The van der Waals surface area contributed by atoms with Gasteiger partial charge in [0.15, 0.2) is 0 Å². The molecule has 1 heterocycles. The first kappa shape index (κ1) is 11.6. The lowest BCUT2D eigenvalue weighted by Gasteiger charge is -2.10. The van der Waals surface area contributed by atoms with Crippen LogP contribution in [0.3, 0.4) is 0 Å². The molecule has 0 aliphatic carbocycles. The standard InChI is InChI=1S/C7H15N.C3H7N/c1-8-6-4-2-3-5-7-8;1-3(2)4/h2-7H2,1H3;4H,1-2H3. The zero-order valence-corrected chi connectivity index (χ0v) is 8.69. The van der Waals surface area contributed by atoms with Crippen molar-refractivity contribution in [2.75, 3.05) is 20.1 Å². The van der Waals surface area contributed by atoms with Crippen LogP contribution in [-0.2, 0) is 0 Å². The minimum absolute atomic E-state index is 0.667. The third kappa shape index (κ3) is 9.63. The molecule has 0 amide bonds. The van der Waals surface area contributed by atoms with Gasteiger partial charge in [-0.05, 0) is 46.8 Å². The summed E-state index contributed by atoms with van der Waals surface area (Å²) in [7, 11) is 2.21. The number of rotatable bonds is 0. The summed E-state index contributed by atoms with van der Waals surface area (Å²) >= 11 is 0. The van der Waals surface area contributed by atoms with E-state index in [0.29, 0.717) is 5.71 Å². The number of hydrogen-bond acceptors (Lipinski definition) is 2. The summed E-state index contributed by atoms with van der Waals surface area (Å²) < 4.78 is 0. The molecule has 12 heavy (non-hydrogen) atoms. The van der Waals surface area contributed by atoms with Crippen LogP contribution in [0.25, 0.3) is 0 Å². The zero-order chi connectivity index (χ0) is 9.40. The Balaban J connectivity index is 0.000000261. The first-order valence-corrected chi connectivity index (χ1v) is 4.83. The van der Waals surface area contributed by atoms with Gasteiger partial charge in [0.25, 0.3) is 0 Å². The van der Waals surface area contributed by atoms with Crippen molar-refractivity contribution in [1.82, 2.24) is 4.90 Å². The Kier molecular flexibility index (Phi) is 7.06. The summed E-state index contributed by atoms with van der Waals surface area (Å²) in [6.07, 6.45) is 5.72. The van der Waals surface area contributed by atoms with Gasteiger partial charge in [0.2, 0.25) is 0 Å². The molecule has 1 aliphatic rings. The minimum atomic E-state index is 0.667. The topological polar surface area (TPSA) is 27.1 Å². The molecule has 0 aromatic heterocycles. The molecule has 0 aromatic carbocycles. The SMILES string of the molecule is CC(C)=N.CN1CCCCCC1. The Labute approximate surface area is 76.5 Å². The normalized spacial score (nSPS) is 18.9. The van der Waals surface area contributed by atoms with Crippen LogP contribution in [0, 0.1) is 5.41 Å². The van der Waals surface area contributed by atoms with E-state index in [1.54, 1.807) is 13.8 Å². The van der Waals surface area contributed by atoms with Crippen molar-refractivity contribution in [2.24, 2.45) is 0 Å². The highest BCUT2D eigenvalue weighted by Gasteiger charge is 2.01. The van der Waals surface area contributed by atoms with E-state index in [1.807, 2.05) is 0 Å². The lowest BCUT2D eigenvalue weighted by Crippen LogP contribution is -2.18. The Morgan fingerprint density at radius 2 is 1.33 bits per heavy atom. The smallest absolute Gasteiger partial charge is 0.00272 e. The van der Waals surface area contributed by atoms with Crippen LogP contribution in [0.1, 0.15) is 39.5 Å². The predicted octanol–water partition coefficient (Wildman–Crippen LogP) is 2.54. The van der Waals surface area contributed by atoms with Crippen molar-refractivity contribution in [3.63, 3.8) is 0 Å². The van der Waals surface area contributed by atoms with Crippen molar-refractivity contribution in [3.05, 3.63) is 0 Å². The van der Waals surface area contributed by atoms with Crippen LogP contribution < -0.4 is 0 Å². The van der Waals surface area contributed by atoms with Gasteiger partial charge in [-0.25, -0.2) is 0 Å². The summed E-state index contributed by atoms with van der Waals surface area (Å²) in [5.74, 6) is 0. The van der Waals surface area contributed by atoms with E-state index in [-0.39, 0.29) is 0 Å². The van der Waals surface area contributed by atoms with Gasteiger partial charge in [-0.15, -0.1) is 0 Å². The molecule has 1 N–H and O–H groups in total. The highest BCUT2D eigenvalue weighted by atomic mass is 15.1. The van der Waals surface area contributed by atoms with Crippen molar-refractivity contribution in [2.45, 2.75) is 39.5 Å². The Bertz CT molecular complexity index is 109. The van der Waals surface area contributed by atoms with E-state index < -0.39 is 0 Å². The number of nitrogens with one attached hydrogen (secondary N) is 1. The van der Waals surface area contributed by atoms with Gasteiger partial charge < -0.3 is 10.3 Å². The lowest BCUT2D eigenvalue weighted by atomic mass is 10.2. The fraction of sp³-hybridized carbons (Fsp3) is 0.900. The van der Waals surface area contributed by atoms with E-state index in [0.717, 1.165) is 0 Å². The quantitative estimate of drug-likeness (QED) is 0.556. The molecule has 72 valence electrons. The Morgan fingerprint density at radius 3 is 1.67 bits per heavy atom. The third-order valence-corrected chi connectivity index (χ3v) is 1.83. The summed E-state index contributed by atoms with van der Waals surface area (Å²) in [6.45, 7) is 6.14. The summed E-state index contributed by atoms with van der Waals surface area (Å²) in [5.41, 5.74) is 0.667. The van der Waals surface area contributed by atoms with Gasteiger partial charge in [0, 0.05) is 5.71 Å². The molecule has 2 nitrogen and oxygen atoms in total. The van der Waals surface area contributed by atoms with Gasteiger partial charge in [-0.2, -0.15) is 0 Å².